The third-order valence-corrected chi connectivity index (χ3v) is 8.33. The number of halogens is 1. The summed E-state index contributed by atoms with van der Waals surface area (Å²) >= 11 is 6.67. The molecule has 1 unspecified atom stereocenters. The van der Waals surface area contributed by atoms with Crippen LogP contribution < -0.4 is 19.9 Å². The molecule has 1 aromatic heterocycles. The van der Waals surface area contributed by atoms with Crippen LogP contribution in [0.15, 0.2) is 48.6 Å². The van der Waals surface area contributed by atoms with E-state index in [0.717, 1.165) is 83.1 Å². The second-order valence-electron chi connectivity index (χ2n) is 10.7. The third kappa shape index (κ3) is 6.77. The average molecular weight is 593 g/mol. The van der Waals surface area contributed by atoms with Gasteiger partial charge in [0.25, 0.3) is 0 Å². The fraction of sp³-hybridized carbons (Fsp3) is 0.419. The van der Waals surface area contributed by atoms with Gasteiger partial charge in [-0.05, 0) is 57.3 Å². The molecular weight excluding hydrogens is 556 g/mol. The number of carbonyl (C=O) groups excluding carboxylic acids is 1. The van der Waals surface area contributed by atoms with Gasteiger partial charge in [-0.15, -0.1) is 0 Å². The van der Waals surface area contributed by atoms with Gasteiger partial charge in [-0.1, -0.05) is 35.9 Å². The van der Waals surface area contributed by atoms with Gasteiger partial charge in [-0.2, -0.15) is 9.97 Å². The Hall–Kier alpha value is -3.89. The summed E-state index contributed by atoms with van der Waals surface area (Å²) in [6.45, 7) is 6.48. The Kier molecular flexibility index (Phi) is 9.44. The molecule has 222 valence electrons. The van der Waals surface area contributed by atoms with Crippen LogP contribution in [0.5, 0.6) is 6.01 Å². The molecule has 5 rings (SSSR count). The van der Waals surface area contributed by atoms with E-state index in [4.69, 9.17) is 31.4 Å². The van der Waals surface area contributed by atoms with E-state index in [1.165, 1.54) is 0 Å². The number of nitrogens with zero attached hydrogens (tertiary/aromatic N) is 5. The Morgan fingerprint density at radius 1 is 1.19 bits per heavy atom. The lowest BCUT2D eigenvalue weighted by Gasteiger charge is -2.34. The number of carboxylic acid groups (broad SMARTS) is 1. The number of nitrogens with one attached hydrogen (secondary N) is 1. The molecule has 0 saturated carbocycles. The molecule has 3 heterocycles. The highest BCUT2D eigenvalue weighted by molar-refractivity contribution is 6.36. The van der Waals surface area contributed by atoms with Crippen LogP contribution in [0, 0.1) is 0 Å². The predicted molar refractivity (Wildman–Crippen MR) is 165 cm³/mol. The molecule has 10 nitrogen and oxygen atoms in total. The summed E-state index contributed by atoms with van der Waals surface area (Å²) < 4.78 is 6.22. The first-order valence-electron chi connectivity index (χ1n) is 14.4. The summed E-state index contributed by atoms with van der Waals surface area (Å²) in [6, 6.07) is 12.9. The predicted octanol–water partition coefficient (Wildman–Crippen LogP) is 3.90. The fourth-order valence-corrected chi connectivity index (χ4v) is 6.03. The van der Waals surface area contributed by atoms with Crippen LogP contribution in [0.3, 0.4) is 0 Å². The molecule has 2 aliphatic heterocycles. The molecule has 0 bridgehead atoms. The molecule has 2 N–H and O–H groups in total. The zero-order valence-corrected chi connectivity index (χ0v) is 24.8. The number of rotatable bonds is 11. The van der Waals surface area contributed by atoms with Crippen molar-refractivity contribution in [1.82, 2.24) is 20.2 Å². The zero-order chi connectivity index (χ0) is 29.6. The lowest BCUT2D eigenvalue weighted by atomic mass is 10.0. The van der Waals surface area contributed by atoms with Crippen molar-refractivity contribution < 1.29 is 19.4 Å². The number of anilines is 2. The van der Waals surface area contributed by atoms with Crippen LogP contribution in [0.1, 0.15) is 31.0 Å². The van der Waals surface area contributed by atoms with E-state index in [-0.39, 0.29) is 0 Å². The maximum atomic E-state index is 12.0. The summed E-state index contributed by atoms with van der Waals surface area (Å²) in [6.07, 6.45) is 4.82. The number of carboxylic acids is 1. The quantitative estimate of drug-likeness (QED) is 0.320. The van der Waals surface area contributed by atoms with Crippen LogP contribution in [-0.4, -0.2) is 84.3 Å². The van der Waals surface area contributed by atoms with Crippen molar-refractivity contribution in [3.63, 3.8) is 0 Å². The van der Waals surface area contributed by atoms with Crippen molar-refractivity contribution in [2.75, 3.05) is 56.2 Å². The molecule has 1 atom stereocenters. The molecule has 3 aromatic rings. The number of likely N-dealkylation sites (tertiary alicyclic amines) is 1. The van der Waals surface area contributed by atoms with Gasteiger partial charge in [-0.3, -0.25) is 4.79 Å². The van der Waals surface area contributed by atoms with Crippen molar-refractivity contribution in [1.29, 1.82) is 0 Å². The van der Waals surface area contributed by atoms with Crippen LogP contribution >= 0.6 is 11.6 Å². The number of benzene rings is 2. The molecule has 1 amide bonds. The Labute approximate surface area is 250 Å². The van der Waals surface area contributed by atoms with E-state index in [2.05, 4.69) is 51.3 Å². The van der Waals surface area contributed by atoms with Gasteiger partial charge in [-0.25, -0.2) is 4.79 Å². The number of hydrogen-bond donors (Lipinski definition) is 2. The highest BCUT2D eigenvalue weighted by Gasteiger charge is 2.28. The second kappa shape index (κ2) is 13.4. The first-order chi connectivity index (χ1) is 20.3. The summed E-state index contributed by atoms with van der Waals surface area (Å²) in [4.78, 5) is 39.3. The average Bonchev–Trinajstić information content (AvgIpc) is 3.40. The molecule has 2 aromatic carbocycles. The smallest absolute Gasteiger partial charge is 0.328 e. The standard InChI is InChI=1S/C31H37ClN6O4/c1-3-37(18-15-33-27(39)12-13-28(40)41)30-23-14-17-38(26-11-5-8-21-7-4-10-24(32)29(21)26)19-25(23)34-31(35-30)42-20-22-9-6-16-36(22)2/h4-5,7-8,10-13,22H,3,6,9,14-20H2,1-2H3,(H,33,39)(H,40,41)/b13-12+. The number of amides is 1. The number of aromatic nitrogens is 2. The molecule has 2 aliphatic rings. The van der Waals surface area contributed by atoms with Crippen molar-refractivity contribution in [3.05, 3.63) is 64.8 Å². The first-order valence-corrected chi connectivity index (χ1v) is 14.8. The minimum Gasteiger partial charge on any atom is -0.478 e. The summed E-state index contributed by atoms with van der Waals surface area (Å²) in [5.41, 5.74) is 3.06. The van der Waals surface area contributed by atoms with Crippen LogP contribution in [-0.2, 0) is 22.6 Å². The number of fused-ring (bicyclic) bond motifs is 2. The minimum absolute atomic E-state index is 0.332. The molecule has 42 heavy (non-hydrogen) atoms. The summed E-state index contributed by atoms with van der Waals surface area (Å²) in [5, 5.41) is 14.4. The van der Waals surface area contributed by atoms with Crippen LogP contribution in [0.2, 0.25) is 5.02 Å². The van der Waals surface area contributed by atoms with Gasteiger partial charge in [0.1, 0.15) is 12.4 Å². The third-order valence-electron chi connectivity index (χ3n) is 8.01. The van der Waals surface area contributed by atoms with Crippen LogP contribution in [0.25, 0.3) is 10.8 Å². The Morgan fingerprint density at radius 2 is 2.00 bits per heavy atom. The SMILES string of the molecule is CCN(CCNC(=O)/C=C/C(=O)O)c1nc(OCC2CCCN2C)nc2c1CCN(c1cccc3cccc(Cl)c13)C2. The normalized spacial score (nSPS) is 17.0. The number of likely N-dealkylation sites (N-methyl/N-ethyl adjacent to an activating group) is 2. The first kappa shape index (κ1) is 29.6. The Balaban J connectivity index is 1.42. The van der Waals surface area contributed by atoms with E-state index in [0.29, 0.717) is 44.8 Å². The maximum Gasteiger partial charge on any atom is 0.328 e. The highest BCUT2D eigenvalue weighted by atomic mass is 35.5. The van der Waals surface area contributed by atoms with E-state index >= 15 is 0 Å². The van der Waals surface area contributed by atoms with E-state index in [9.17, 15) is 9.59 Å². The molecule has 11 heteroatoms. The van der Waals surface area contributed by atoms with Gasteiger partial charge in [0, 0.05) is 61.0 Å². The summed E-state index contributed by atoms with van der Waals surface area (Å²) in [7, 11) is 2.12. The van der Waals surface area contributed by atoms with Gasteiger partial charge in [0.15, 0.2) is 0 Å². The Morgan fingerprint density at radius 3 is 2.74 bits per heavy atom. The lowest BCUT2D eigenvalue weighted by molar-refractivity contribution is -0.131. The lowest BCUT2D eigenvalue weighted by Crippen LogP contribution is -2.38. The maximum absolute atomic E-state index is 12.0. The van der Waals surface area contributed by atoms with Crippen molar-refractivity contribution >= 4 is 45.8 Å². The molecule has 0 radical (unpaired) electrons. The number of carbonyl (C=O) groups is 2. The van der Waals surface area contributed by atoms with Gasteiger partial charge in [0.2, 0.25) is 5.91 Å². The number of hydrogen-bond acceptors (Lipinski definition) is 8. The molecular formula is C31H37ClN6O4. The van der Waals surface area contributed by atoms with E-state index in [1.54, 1.807) is 0 Å². The highest BCUT2D eigenvalue weighted by Crippen LogP contribution is 2.37. The number of ether oxygens (including phenoxy) is 1. The molecule has 1 saturated heterocycles. The van der Waals surface area contributed by atoms with Crippen LogP contribution in [0.4, 0.5) is 11.5 Å². The zero-order valence-electron chi connectivity index (χ0n) is 24.1. The number of aliphatic carboxylic acids is 1. The topological polar surface area (TPSA) is 111 Å². The Bertz CT molecular complexity index is 1480. The second-order valence-corrected chi connectivity index (χ2v) is 11.1. The van der Waals surface area contributed by atoms with E-state index < -0.39 is 11.9 Å². The molecule has 1 fully saturated rings. The molecule has 0 aliphatic carbocycles. The van der Waals surface area contributed by atoms with Gasteiger partial charge in [0.05, 0.1) is 17.3 Å². The monoisotopic (exact) mass is 592 g/mol. The van der Waals surface area contributed by atoms with E-state index in [1.807, 2.05) is 19.1 Å². The van der Waals surface area contributed by atoms with Crippen molar-refractivity contribution in [2.24, 2.45) is 0 Å². The molecule has 0 spiro atoms. The van der Waals surface area contributed by atoms with Crippen molar-refractivity contribution in [2.45, 2.75) is 38.8 Å². The minimum atomic E-state index is -1.16. The fourth-order valence-electron chi connectivity index (χ4n) is 5.75. The van der Waals surface area contributed by atoms with Gasteiger partial charge >= 0.3 is 12.0 Å². The van der Waals surface area contributed by atoms with Crippen molar-refractivity contribution in [3.8, 4) is 6.01 Å². The largest absolute Gasteiger partial charge is 0.478 e. The summed E-state index contributed by atoms with van der Waals surface area (Å²) in [5.74, 6) is -0.806. The van der Waals surface area contributed by atoms with Gasteiger partial charge < -0.3 is 29.9 Å².